The van der Waals surface area contributed by atoms with Crippen molar-refractivity contribution in [3.8, 4) is 0 Å². The van der Waals surface area contributed by atoms with Gasteiger partial charge in [0.1, 0.15) is 0 Å². The van der Waals surface area contributed by atoms with Crippen LogP contribution < -0.4 is 11.1 Å². The van der Waals surface area contributed by atoms with E-state index in [1.807, 2.05) is 41.3 Å². The number of hydrogen-bond acceptors (Lipinski definition) is 3. The van der Waals surface area contributed by atoms with Gasteiger partial charge in [0.15, 0.2) is 0 Å². The van der Waals surface area contributed by atoms with Crippen LogP contribution >= 0.6 is 0 Å². The van der Waals surface area contributed by atoms with Crippen molar-refractivity contribution < 1.29 is 0 Å². The molecule has 1 aromatic heterocycles. The molecule has 1 heterocycles. The van der Waals surface area contributed by atoms with E-state index in [-0.39, 0.29) is 0 Å². The highest BCUT2D eigenvalue weighted by molar-refractivity contribution is 5.49. The Kier molecular flexibility index (Phi) is 3.10. The highest BCUT2D eigenvalue weighted by Crippen LogP contribution is 2.13. The number of para-hydroxylation sites is 1. The third kappa shape index (κ3) is 2.34. The Hall–Kier alpha value is -1.97. The van der Waals surface area contributed by atoms with Gasteiger partial charge in [-0.15, -0.1) is 0 Å². The summed E-state index contributed by atoms with van der Waals surface area (Å²) < 4.78 is 1.89. The van der Waals surface area contributed by atoms with Gasteiger partial charge >= 0.3 is 0 Å². The van der Waals surface area contributed by atoms with Gasteiger partial charge in [0, 0.05) is 25.0 Å². The molecule has 0 aliphatic rings. The molecule has 3 N–H and O–H groups in total. The van der Waals surface area contributed by atoms with Gasteiger partial charge in [-0.25, -0.2) is 0 Å². The van der Waals surface area contributed by atoms with Crippen LogP contribution in [0.5, 0.6) is 0 Å². The van der Waals surface area contributed by atoms with Crippen LogP contribution in [0.2, 0.25) is 0 Å². The summed E-state index contributed by atoms with van der Waals surface area (Å²) in [6, 6.07) is 7.86. The summed E-state index contributed by atoms with van der Waals surface area (Å²) in [5.74, 6) is 0. The van der Waals surface area contributed by atoms with Crippen molar-refractivity contribution in [1.29, 1.82) is 0 Å². The van der Waals surface area contributed by atoms with E-state index < -0.39 is 0 Å². The van der Waals surface area contributed by atoms with E-state index in [0.29, 0.717) is 0 Å². The molecular weight excluding hydrogens is 200 g/mol. The van der Waals surface area contributed by atoms with E-state index in [2.05, 4.69) is 17.3 Å². The van der Waals surface area contributed by atoms with Gasteiger partial charge in [0.25, 0.3) is 0 Å². The molecule has 0 saturated carbocycles. The topological polar surface area (TPSA) is 55.9 Å². The number of rotatable bonds is 4. The Morgan fingerprint density at radius 2 is 2.19 bits per heavy atom. The molecular formula is C12H16N4. The minimum atomic E-state index is 0.724. The molecule has 0 radical (unpaired) electrons. The zero-order chi connectivity index (χ0) is 11.4. The molecule has 0 spiro atoms. The lowest BCUT2D eigenvalue weighted by Gasteiger charge is -2.06. The quantitative estimate of drug-likeness (QED) is 0.769. The minimum Gasteiger partial charge on any atom is -0.398 e. The van der Waals surface area contributed by atoms with Crippen LogP contribution in [0.1, 0.15) is 12.5 Å². The fourth-order valence-corrected chi connectivity index (χ4v) is 1.52. The van der Waals surface area contributed by atoms with E-state index in [9.17, 15) is 0 Å². The van der Waals surface area contributed by atoms with E-state index >= 15 is 0 Å². The van der Waals surface area contributed by atoms with Crippen molar-refractivity contribution in [3.05, 3.63) is 42.2 Å². The van der Waals surface area contributed by atoms with Gasteiger partial charge in [0.05, 0.1) is 11.9 Å². The molecule has 2 rings (SSSR count). The van der Waals surface area contributed by atoms with E-state index in [4.69, 9.17) is 5.73 Å². The summed E-state index contributed by atoms with van der Waals surface area (Å²) in [7, 11) is 0. The van der Waals surface area contributed by atoms with Crippen molar-refractivity contribution in [2.75, 3.05) is 11.1 Å². The lowest BCUT2D eigenvalue weighted by molar-refractivity contribution is 0.660. The third-order valence-electron chi connectivity index (χ3n) is 2.50. The second-order valence-corrected chi connectivity index (χ2v) is 3.64. The fourth-order valence-electron chi connectivity index (χ4n) is 1.52. The fraction of sp³-hybridized carbons (Fsp3) is 0.250. The van der Waals surface area contributed by atoms with Crippen molar-refractivity contribution in [2.24, 2.45) is 0 Å². The highest BCUT2D eigenvalue weighted by Gasteiger charge is 1.99. The van der Waals surface area contributed by atoms with Gasteiger partial charge in [-0.3, -0.25) is 4.68 Å². The van der Waals surface area contributed by atoms with Gasteiger partial charge in [-0.05, 0) is 18.6 Å². The second kappa shape index (κ2) is 4.70. The molecule has 4 nitrogen and oxygen atoms in total. The van der Waals surface area contributed by atoms with Gasteiger partial charge in [0.2, 0.25) is 0 Å². The van der Waals surface area contributed by atoms with E-state index in [1.54, 1.807) is 0 Å². The number of aromatic nitrogens is 2. The SMILES string of the molecule is CCn1cc(NCc2ccccc2N)cn1. The van der Waals surface area contributed by atoms with Crippen LogP contribution in [0.25, 0.3) is 0 Å². The number of nitrogen functional groups attached to an aromatic ring is 1. The zero-order valence-corrected chi connectivity index (χ0v) is 9.35. The average Bonchev–Trinajstić information content (AvgIpc) is 2.76. The number of nitrogens with two attached hydrogens (primary N) is 1. The van der Waals surface area contributed by atoms with Crippen LogP contribution in [0.15, 0.2) is 36.7 Å². The monoisotopic (exact) mass is 216 g/mol. The first kappa shape index (κ1) is 10.5. The lowest BCUT2D eigenvalue weighted by Crippen LogP contribution is -2.02. The molecule has 4 heteroatoms. The average molecular weight is 216 g/mol. The normalized spacial score (nSPS) is 10.3. The summed E-state index contributed by atoms with van der Waals surface area (Å²) in [6.07, 6.45) is 3.81. The van der Waals surface area contributed by atoms with E-state index in [1.165, 1.54) is 0 Å². The van der Waals surface area contributed by atoms with Gasteiger partial charge in [-0.2, -0.15) is 5.10 Å². The standard InChI is InChI=1S/C12H16N4/c1-2-16-9-11(8-15-16)14-7-10-5-3-4-6-12(10)13/h3-6,8-9,14H,2,7,13H2,1H3. The number of benzene rings is 1. The minimum absolute atomic E-state index is 0.724. The first-order valence-corrected chi connectivity index (χ1v) is 5.39. The first-order valence-electron chi connectivity index (χ1n) is 5.39. The lowest BCUT2D eigenvalue weighted by atomic mass is 10.2. The molecule has 1 aromatic carbocycles. The number of nitrogens with zero attached hydrogens (tertiary/aromatic N) is 2. The van der Waals surface area contributed by atoms with Crippen LogP contribution in [0.4, 0.5) is 11.4 Å². The summed E-state index contributed by atoms with van der Waals surface area (Å²) in [5.41, 5.74) is 8.79. The molecule has 84 valence electrons. The van der Waals surface area contributed by atoms with Gasteiger partial charge in [-0.1, -0.05) is 18.2 Å². The number of nitrogens with one attached hydrogen (secondary N) is 1. The molecule has 0 aliphatic heterocycles. The highest BCUT2D eigenvalue weighted by atomic mass is 15.3. The summed E-state index contributed by atoms with van der Waals surface area (Å²) in [6.45, 7) is 3.67. The Morgan fingerprint density at radius 1 is 1.38 bits per heavy atom. The van der Waals surface area contributed by atoms with Crippen LogP contribution in [0.3, 0.4) is 0 Å². The van der Waals surface area contributed by atoms with Crippen molar-refractivity contribution in [2.45, 2.75) is 20.0 Å². The molecule has 0 atom stereocenters. The second-order valence-electron chi connectivity index (χ2n) is 3.64. The van der Waals surface area contributed by atoms with Crippen LogP contribution in [-0.2, 0) is 13.1 Å². The number of anilines is 2. The molecule has 2 aromatic rings. The largest absolute Gasteiger partial charge is 0.398 e. The molecule has 0 amide bonds. The van der Waals surface area contributed by atoms with Crippen molar-refractivity contribution in [3.63, 3.8) is 0 Å². The predicted molar refractivity (Wildman–Crippen MR) is 66.1 cm³/mol. The Labute approximate surface area is 95.1 Å². The molecule has 0 unspecified atom stereocenters. The Morgan fingerprint density at radius 3 is 2.88 bits per heavy atom. The third-order valence-corrected chi connectivity index (χ3v) is 2.50. The maximum Gasteiger partial charge on any atom is 0.0729 e. The summed E-state index contributed by atoms with van der Waals surface area (Å²) >= 11 is 0. The molecule has 0 saturated heterocycles. The maximum absolute atomic E-state index is 5.86. The maximum atomic E-state index is 5.86. The molecule has 0 bridgehead atoms. The number of hydrogen-bond donors (Lipinski definition) is 2. The van der Waals surface area contributed by atoms with Gasteiger partial charge < -0.3 is 11.1 Å². The van der Waals surface area contributed by atoms with E-state index in [0.717, 1.165) is 30.0 Å². The first-order chi connectivity index (χ1) is 7.79. The zero-order valence-electron chi connectivity index (χ0n) is 9.35. The number of aryl methyl sites for hydroxylation is 1. The molecule has 0 fully saturated rings. The summed E-state index contributed by atoms with van der Waals surface area (Å²) in [4.78, 5) is 0. The molecule has 16 heavy (non-hydrogen) atoms. The Bertz CT molecular complexity index is 462. The van der Waals surface area contributed by atoms with Crippen LogP contribution in [0, 0.1) is 0 Å². The summed E-state index contributed by atoms with van der Waals surface area (Å²) in [5, 5.41) is 7.49. The smallest absolute Gasteiger partial charge is 0.0729 e. The van der Waals surface area contributed by atoms with Crippen molar-refractivity contribution in [1.82, 2.24) is 9.78 Å². The Balaban J connectivity index is 1.99. The van der Waals surface area contributed by atoms with Crippen molar-refractivity contribution >= 4 is 11.4 Å². The molecule has 0 aliphatic carbocycles. The predicted octanol–water partition coefficient (Wildman–Crippen LogP) is 2.10. The van der Waals surface area contributed by atoms with Crippen LogP contribution in [-0.4, -0.2) is 9.78 Å².